The highest BCUT2D eigenvalue weighted by molar-refractivity contribution is 6.31. The minimum atomic E-state index is -0.0782. The van der Waals surface area contributed by atoms with Crippen LogP contribution in [0.3, 0.4) is 0 Å². The van der Waals surface area contributed by atoms with E-state index in [1.165, 1.54) is 0 Å². The molecule has 0 aliphatic rings. The molecule has 3 nitrogen and oxygen atoms in total. The van der Waals surface area contributed by atoms with Crippen LogP contribution in [0.4, 0.5) is 5.69 Å². The maximum Gasteiger partial charge on any atom is 0.256 e. The van der Waals surface area contributed by atoms with Crippen molar-refractivity contribution in [3.8, 4) is 0 Å². The van der Waals surface area contributed by atoms with E-state index in [0.717, 1.165) is 5.56 Å². The Balaban J connectivity index is 2.21. The van der Waals surface area contributed by atoms with E-state index in [1.54, 1.807) is 23.1 Å². The number of hydrogen-bond acceptors (Lipinski definition) is 2. The fourth-order valence-electron chi connectivity index (χ4n) is 2.03. The first kappa shape index (κ1) is 14.4. The molecular weight excluding hydrogens is 272 g/mol. The van der Waals surface area contributed by atoms with Crippen LogP contribution in [0.5, 0.6) is 0 Å². The zero-order chi connectivity index (χ0) is 14.5. The van der Waals surface area contributed by atoms with Crippen molar-refractivity contribution in [1.82, 2.24) is 4.90 Å². The average Bonchev–Trinajstić information content (AvgIpc) is 2.45. The second-order valence-electron chi connectivity index (χ2n) is 4.54. The van der Waals surface area contributed by atoms with Crippen molar-refractivity contribution in [2.45, 2.75) is 13.5 Å². The molecule has 2 aromatic carbocycles. The average molecular weight is 289 g/mol. The highest BCUT2D eigenvalue weighted by Gasteiger charge is 2.17. The van der Waals surface area contributed by atoms with E-state index in [1.807, 2.05) is 37.3 Å². The summed E-state index contributed by atoms with van der Waals surface area (Å²) in [7, 11) is 0. The molecule has 1 amide bonds. The Kier molecular flexibility index (Phi) is 4.64. The summed E-state index contributed by atoms with van der Waals surface area (Å²) in [4.78, 5) is 14.3. The molecule has 0 unspecified atom stereocenters. The summed E-state index contributed by atoms with van der Waals surface area (Å²) < 4.78 is 0. The number of hydrogen-bond donors (Lipinski definition) is 1. The normalized spacial score (nSPS) is 10.3. The second kappa shape index (κ2) is 6.44. The first-order chi connectivity index (χ1) is 9.61. The second-order valence-corrected chi connectivity index (χ2v) is 4.97. The maximum absolute atomic E-state index is 12.5. The molecule has 104 valence electrons. The largest absolute Gasteiger partial charge is 0.398 e. The van der Waals surface area contributed by atoms with E-state index in [-0.39, 0.29) is 5.91 Å². The maximum atomic E-state index is 12.5. The van der Waals surface area contributed by atoms with Crippen molar-refractivity contribution in [2.24, 2.45) is 0 Å². The van der Waals surface area contributed by atoms with Gasteiger partial charge in [0.05, 0.1) is 5.56 Å². The lowest BCUT2D eigenvalue weighted by Crippen LogP contribution is -2.30. The highest BCUT2D eigenvalue weighted by atomic mass is 35.5. The van der Waals surface area contributed by atoms with Crippen LogP contribution >= 0.6 is 11.6 Å². The number of carbonyl (C=O) groups is 1. The molecule has 0 spiro atoms. The predicted octanol–water partition coefficient (Wildman–Crippen LogP) is 3.58. The van der Waals surface area contributed by atoms with Gasteiger partial charge in [0.1, 0.15) is 0 Å². The van der Waals surface area contributed by atoms with Gasteiger partial charge in [0.25, 0.3) is 5.91 Å². The Morgan fingerprint density at radius 1 is 1.20 bits per heavy atom. The third-order valence-corrected chi connectivity index (χ3v) is 3.36. The monoisotopic (exact) mass is 288 g/mol. The van der Waals surface area contributed by atoms with Crippen molar-refractivity contribution in [1.29, 1.82) is 0 Å². The van der Waals surface area contributed by atoms with Crippen LogP contribution in [0.25, 0.3) is 0 Å². The Hall–Kier alpha value is -2.00. The third kappa shape index (κ3) is 3.31. The van der Waals surface area contributed by atoms with Crippen molar-refractivity contribution in [2.75, 3.05) is 12.3 Å². The summed E-state index contributed by atoms with van der Waals surface area (Å²) in [5, 5.41) is 0.533. The van der Waals surface area contributed by atoms with Gasteiger partial charge < -0.3 is 10.6 Å². The fourth-order valence-corrected chi connectivity index (χ4v) is 2.21. The number of carbonyl (C=O) groups excluding carboxylic acids is 1. The van der Waals surface area contributed by atoms with Crippen molar-refractivity contribution < 1.29 is 4.79 Å². The number of amides is 1. The van der Waals surface area contributed by atoms with Crippen LogP contribution < -0.4 is 5.73 Å². The lowest BCUT2D eigenvalue weighted by Gasteiger charge is -2.22. The first-order valence-electron chi connectivity index (χ1n) is 6.50. The molecule has 2 aromatic rings. The summed E-state index contributed by atoms with van der Waals surface area (Å²) in [6, 6.07) is 14.8. The Bertz CT molecular complexity index is 599. The Morgan fingerprint density at radius 2 is 1.90 bits per heavy atom. The molecule has 0 radical (unpaired) electrons. The van der Waals surface area contributed by atoms with Gasteiger partial charge in [-0.3, -0.25) is 4.79 Å². The molecule has 0 aliphatic heterocycles. The van der Waals surface area contributed by atoms with E-state index in [9.17, 15) is 4.79 Å². The van der Waals surface area contributed by atoms with Crippen LogP contribution in [-0.2, 0) is 6.54 Å². The molecule has 20 heavy (non-hydrogen) atoms. The minimum absolute atomic E-state index is 0.0782. The summed E-state index contributed by atoms with van der Waals surface area (Å²) in [5.41, 5.74) is 7.87. The van der Waals surface area contributed by atoms with Gasteiger partial charge in [-0.15, -0.1) is 0 Å². The van der Waals surface area contributed by atoms with E-state index < -0.39 is 0 Å². The van der Waals surface area contributed by atoms with Crippen LogP contribution in [0.1, 0.15) is 22.8 Å². The number of nitrogens with two attached hydrogens (primary N) is 1. The number of halogens is 1. The van der Waals surface area contributed by atoms with Gasteiger partial charge in [-0.1, -0.05) is 41.9 Å². The van der Waals surface area contributed by atoms with E-state index in [2.05, 4.69) is 0 Å². The molecule has 0 fully saturated rings. The Labute approximate surface area is 124 Å². The number of rotatable bonds is 4. The molecule has 2 N–H and O–H groups in total. The highest BCUT2D eigenvalue weighted by Crippen LogP contribution is 2.20. The molecular formula is C16H17ClN2O. The molecule has 0 heterocycles. The third-order valence-electron chi connectivity index (χ3n) is 3.13. The van der Waals surface area contributed by atoms with E-state index >= 15 is 0 Å². The van der Waals surface area contributed by atoms with Crippen LogP contribution in [0, 0.1) is 0 Å². The van der Waals surface area contributed by atoms with Gasteiger partial charge >= 0.3 is 0 Å². The van der Waals surface area contributed by atoms with Crippen molar-refractivity contribution in [3.63, 3.8) is 0 Å². The fraction of sp³-hybridized carbons (Fsp3) is 0.188. The number of benzene rings is 2. The first-order valence-corrected chi connectivity index (χ1v) is 6.88. The molecule has 0 bridgehead atoms. The van der Waals surface area contributed by atoms with Crippen LogP contribution in [0.15, 0.2) is 48.5 Å². The quantitative estimate of drug-likeness (QED) is 0.874. The summed E-state index contributed by atoms with van der Waals surface area (Å²) in [6.07, 6.45) is 0. The summed E-state index contributed by atoms with van der Waals surface area (Å²) >= 11 is 5.86. The summed E-state index contributed by atoms with van der Waals surface area (Å²) in [6.45, 7) is 3.14. The summed E-state index contributed by atoms with van der Waals surface area (Å²) in [5.74, 6) is -0.0782. The molecule has 0 saturated carbocycles. The van der Waals surface area contributed by atoms with Gasteiger partial charge in [0, 0.05) is 23.8 Å². The molecule has 0 atom stereocenters. The predicted molar refractivity (Wildman–Crippen MR) is 82.7 cm³/mol. The van der Waals surface area contributed by atoms with Crippen molar-refractivity contribution in [3.05, 3.63) is 64.7 Å². The molecule has 2 rings (SSSR count). The van der Waals surface area contributed by atoms with Gasteiger partial charge in [-0.05, 0) is 30.7 Å². The van der Waals surface area contributed by atoms with Gasteiger partial charge in [0.2, 0.25) is 0 Å². The lowest BCUT2D eigenvalue weighted by molar-refractivity contribution is 0.0753. The smallest absolute Gasteiger partial charge is 0.256 e. The molecule has 0 aliphatic carbocycles. The van der Waals surface area contributed by atoms with Crippen molar-refractivity contribution >= 4 is 23.2 Å². The molecule has 4 heteroatoms. The Morgan fingerprint density at radius 3 is 2.50 bits per heavy atom. The topological polar surface area (TPSA) is 46.3 Å². The number of nitrogen functional groups attached to an aromatic ring is 1. The SMILES string of the molecule is CCN(Cc1ccccc1)C(=O)c1ccc(Cl)cc1N. The van der Waals surface area contributed by atoms with E-state index in [4.69, 9.17) is 17.3 Å². The van der Waals surface area contributed by atoms with Gasteiger partial charge in [-0.2, -0.15) is 0 Å². The zero-order valence-corrected chi connectivity index (χ0v) is 12.1. The van der Waals surface area contributed by atoms with Crippen LogP contribution in [-0.4, -0.2) is 17.4 Å². The zero-order valence-electron chi connectivity index (χ0n) is 11.3. The number of nitrogens with zero attached hydrogens (tertiary/aromatic N) is 1. The van der Waals surface area contributed by atoms with Gasteiger partial charge in [-0.25, -0.2) is 0 Å². The molecule has 0 aromatic heterocycles. The lowest BCUT2D eigenvalue weighted by atomic mass is 10.1. The van der Waals surface area contributed by atoms with Crippen LogP contribution in [0.2, 0.25) is 5.02 Å². The van der Waals surface area contributed by atoms with E-state index in [0.29, 0.717) is 29.4 Å². The van der Waals surface area contributed by atoms with Gasteiger partial charge in [0.15, 0.2) is 0 Å². The minimum Gasteiger partial charge on any atom is -0.398 e. The molecule has 0 saturated heterocycles. The number of anilines is 1. The standard InChI is InChI=1S/C16H17ClN2O/c1-2-19(11-12-6-4-3-5-7-12)16(20)14-9-8-13(17)10-15(14)18/h3-10H,2,11,18H2,1H3.